The fraction of sp³-hybridized carbons (Fsp3) is 0.857. The van der Waals surface area contributed by atoms with Crippen molar-refractivity contribution in [3.05, 3.63) is 0 Å². The zero-order valence-corrected chi connectivity index (χ0v) is 11.7. The van der Waals surface area contributed by atoms with E-state index in [4.69, 9.17) is 10.00 Å². The molecule has 102 valence electrons. The van der Waals surface area contributed by atoms with Crippen molar-refractivity contribution in [1.29, 1.82) is 5.26 Å². The van der Waals surface area contributed by atoms with Gasteiger partial charge in [-0.05, 0) is 45.4 Å². The summed E-state index contributed by atoms with van der Waals surface area (Å²) in [6.07, 6.45) is 4.85. The highest BCUT2D eigenvalue weighted by molar-refractivity contribution is 5.67. The summed E-state index contributed by atoms with van der Waals surface area (Å²) >= 11 is 0. The Morgan fingerprint density at radius 3 is 2.50 bits per heavy atom. The fourth-order valence-corrected chi connectivity index (χ4v) is 2.47. The number of hydrogen-bond donors (Lipinski definition) is 1. The second-order valence-corrected chi connectivity index (χ2v) is 6.05. The summed E-state index contributed by atoms with van der Waals surface area (Å²) < 4.78 is 5.21. The molecule has 0 aromatic rings. The number of nitrogens with zero attached hydrogens (tertiary/aromatic N) is 1. The first kappa shape index (κ1) is 14.8. The summed E-state index contributed by atoms with van der Waals surface area (Å²) in [5.74, 6) is 0.851. The van der Waals surface area contributed by atoms with Crippen LogP contribution in [0, 0.1) is 23.2 Å². The van der Waals surface area contributed by atoms with E-state index in [2.05, 4.69) is 11.4 Å². The molecule has 18 heavy (non-hydrogen) atoms. The van der Waals surface area contributed by atoms with Gasteiger partial charge in [-0.1, -0.05) is 12.8 Å². The molecule has 1 unspecified atom stereocenters. The van der Waals surface area contributed by atoms with Crippen molar-refractivity contribution < 1.29 is 9.53 Å². The molecule has 0 aromatic heterocycles. The van der Waals surface area contributed by atoms with Crippen molar-refractivity contribution in [2.45, 2.75) is 58.5 Å². The number of hydrogen-bond acceptors (Lipinski definition) is 3. The van der Waals surface area contributed by atoms with Crippen molar-refractivity contribution >= 4 is 6.09 Å². The van der Waals surface area contributed by atoms with Gasteiger partial charge in [0.2, 0.25) is 0 Å². The summed E-state index contributed by atoms with van der Waals surface area (Å²) in [6.45, 7) is 6.18. The Morgan fingerprint density at radius 2 is 1.94 bits per heavy atom. The van der Waals surface area contributed by atoms with Gasteiger partial charge in [0.25, 0.3) is 0 Å². The van der Waals surface area contributed by atoms with E-state index in [0.29, 0.717) is 24.8 Å². The first-order chi connectivity index (χ1) is 8.42. The molecule has 0 aromatic carbocycles. The predicted octanol–water partition coefficient (Wildman–Crippen LogP) is 3.23. The Labute approximate surface area is 110 Å². The Hall–Kier alpha value is -1.24. The van der Waals surface area contributed by atoms with E-state index in [1.807, 2.05) is 20.8 Å². The number of nitriles is 1. The Kier molecular flexibility index (Phi) is 5.46. The highest BCUT2D eigenvalue weighted by Gasteiger charge is 2.26. The predicted molar refractivity (Wildman–Crippen MR) is 69.9 cm³/mol. The van der Waals surface area contributed by atoms with Gasteiger partial charge in [-0.3, -0.25) is 0 Å². The van der Waals surface area contributed by atoms with Crippen LogP contribution in [0.2, 0.25) is 0 Å². The average Bonchev–Trinajstić information content (AvgIpc) is 2.26. The molecule has 0 saturated heterocycles. The molecule has 4 nitrogen and oxygen atoms in total. The van der Waals surface area contributed by atoms with Crippen LogP contribution in [0.4, 0.5) is 4.79 Å². The maximum atomic E-state index is 11.6. The summed E-state index contributed by atoms with van der Waals surface area (Å²) in [4.78, 5) is 11.6. The molecule has 1 aliphatic rings. The lowest BCUT2D eigenvalue weighted by molar-refractivity contribution is 0.0507. The molecular weight excluding hydrogens is 228 g/mol. The van der Waals surface area contributed by atoms with E-state index < -0.39 is 5.60 Å². The number of rotatable bonds is 3. The highest BCUT2D eigenvalue weighted by Crippen LogP contribution is 2.31. The van der Waals surface area contributed by atoms with Crippen molar-refractivity contribution in [1.82, 2.24) is 5.32 Å². The van der Waals surface area contributed by atoms with Crippen LogP contribution in [0.3, 0.4) is 0 Å². The first-order valence-electron chi connectivity index (χ1n) is 6.76. The first-order valence-corrected chi connectivity index (χ1v) is 6.76. The highest BCUT2D eigenvalue weighted by atomic mass is 16.6. The van der Waals surface area contributed by atoms with Crippen molar-refractivity contribution in [3.63, 3.8) is 0 Å². The van der Waals surface area contributed by atoms with Gasteiger partial charge >= 0.3 is 6.09 Å². The van der Waals surface area contributed by atoms with E-state index in [9.17, 15) is 4.79 Å². The third-order valence-electron chi connectivity index (χ3n) is 3.33. The molecule has 2 atom stereocenters. The Bertz CT molecular complexity index is 315. The monoisotopic (exact) mass is 252 g/mol. The average molecular weight is 252 g/mol. The van der Waals surface area contributed by atoms with E-state index in [-0.39, 0.29) is 6.09 Å². The SMILES string of the molecule is CC(C)(C)OC(=O)NCC1CCCC[C@@H]1CC#N. The second kappa shape index (κ2) is 6.63. The van der Waals surface area contributed by atoms with Crippen LogP contribution in [0.25, 0.3) is 0 Å². The maximum Gasteiger partial charge on any atom is 0.407 e. The Morgan fingerprint density at radius 1 is 1.33 bits per heavy atom. The third-order valence-corrected chi connectivity index (χ3v) is 3.33. The van der Waals surface area contributed by atoms with Crippen LogP contribution in [0.5, 0.6) is 0 Å². The van der Waals surface area contributed by atoms with Crippen LogP contribution in [-0.2, 0) is 4.74 Å². The largest absolute Gasteiger partial charge is 0.444 e. The van der Waals surface area contributed by atoms with Crippen molar-refractivity contribution in [2.24, 2.45) is 11.8 Å². The lowest BCUT2D eigenvalue weighted by Crippen LogP contribution is -2.37. The van der Waals surface area contributed by atoms with Gasteiger partial charge in [0, 0.05) is 13.0 Å². The molecule has 1 rings (SSSR count). The number of amides is 1. The van der Waals surface area contributed by atoms with Crippen LogP contribution < -0.4 is 5.32 Å². The Balaban J connectivity index is 2.36. The number of alkyl carbamates (subject to hydrolysis) is 1. The van der Waals surface area contributed by atoms with E-state index >= 15 is 0 Å². The molecule has 1 amide bonds. The lowest BCUT2D eigenvalue weighted by Gasteiger charge is -2.30. The molecule has 0 aliphatic heterocycles. The van der Waals surface area contributed by atoms with Gasteiger partial charge in [-0.15, -0.1) is 0 Å². The smallest absolute Gasteiger partial charge is 0.407 e. The lowest BCUT2D eigenvalue weighted by atomic mass is 9.78. The summed E-state index contributed by atoms with van der Waals surface area (Å²) in [5.41, 5.74) is -0.456. The van der Waals surface area contributed by atoms with Crippen LogP contribution >= 0.6 is 0 Å². The fourth-order valence-electron chi connectivity index (χ4n) is 2.47. The van der Waals surface area contributed by atoms with Crippen LogP contribution in [0.15, 0.2) is 0 Å². The third kappa shape index (κ3) is 5.39. The molecule has 1 saturated carbocycles. The van der Waals surface area contributed by atoms with Crippen molar-refractivity contribution in [3.8, 4) is 6.07 Å². The topological polar surface area (TPSA) is 62.1 Å². The minimum atomic E-state index is -0.456. The normalized spacial score (nSPS) is 24.1. The van der Waals surface area contributed by atoms with Gasteiger partial charge in [-0.2, -0.15) is 5.26 Å². The molecule has 4 heteroatoms. The second-order valence-electron chi connectivity index (χ2n) is 6.05. The molecule has 0 bridgehead atoms. The molecule has 1 aliphatic carbocycles. The van der Waals surface area contributed by atoms with Gasteiger partial charge in [0.15, 0.2) is 0 Å². The summed E-state index contributed by atoms with van der Waals surface area (Å²) in [7, 11) is 0. The molecule has 0 heterocycles. The molecular formula is C14H24N2O2. The van der Waals surface area contributed by atoms with Gasteiger partial charge in [0.05, 0.1) is 6.07 Å². The zero-order valence-electron chi connectivity index (χ0n) is 11.7. The van der Waals surface area contributed by atoms with Crippen LogP contribution in [0.1, 0.15) is 52.9 Å². The van der Waals surface area contributed by atoms with Gasteiger partial charge in [-0.25, -0.2) is 4.79 Å². The van der Waals surface area contributed by atoms with E-state index in [1.54, 1.807) is 0 Å². The molecule has 0 spiro atoms. The van der Waals surface area contributed by atoms with Crippen molar-refractivity contribution in [2.75, 3.05) is 6.54 Å². The number of nitrogens with one attached hydrogen (secondary N) is 1. The number of carbonyl (C=O) groups is 1. The molecule has 1 fully saturated rings. The summed E-state index contributed by atoms with van der Waals surface area (Å²) in [6, 6.07) is 2.25. The quantitative estimate of drug-likeness (QED) is 0.838. The molecule has 0 radical (unpaired) electrons. The van der Waals surface area contributed by atoms with E-state index in [0.717, 1.165) is 12.8 Å². The standard InChI is InChI=1S/C14H24N2O2/c1-14(2,3)18-13(17)16-10-12-7-5-4-6-11(12)8-9-15/h11-12H,4-8,10H2,1-3H3,(H,16,17)/t11-,12?/m1/s1. The minimum Gasteiger partial charge on any atom is -0.444 e. The maximum absolute atomic E-state index is 11.6. The summed E-state index contributed by atoms with van der Waals surface area (Å²) in [5, 5.41) is 11.6. The van der Waals surface area contributed by atoms with Gasteiger partial charge < -0.3 is 10.1 Å². The van der Waals surface area contributed by atoms with Crippen LogP contribution in [-0.4, -0.2) is 18.2 Å². The van der Waals surface area contributed by atoms with Gasteiger partial charge in [0.1, 0.15) is 5.60 Å². The molecule has 1 N–H and O–H groups in total. The number of carbonyl (C=O) groups excluding carboxylic acids is 1. The minimum absolute atomic E-state index is 0.358. The zero-order chi connectivity index (χ0) is 13.6. The van der Waals surface area contributed by atoms with E-state index in [1.165, 1.54) is 12.8 Å². The number of ether oxygens (including phenoxy) is 1.